The summed E-state index contributed by atoms with van der Waals surface area (Å²) in [5.41, 5.74) is 4.70. The Balaban J connectivity index is 1.64. The first kappa shape index (κ1) is 20.3. The van der Waals surface area contributed by atoms with Crippen LogP contribution in [0, 0.1) is 5.82 Å². The molecule has 0 saturated carbocycles. The second kappa shape index (κ2) is 8.68. The highest BCUT2D eigenvalue weighted by Gasteiger charge is 2.16. The third kappa shape index (κ3) is 4.68. The lowest BCUT2D eigenvalue weighted by Gasteiger charge is -2.12. The molecule has 3 aromatic rings. The van der Waals surface area contributed by atoms with Gasteiger partial charge in [-0.2, -0.15) is 5.10 Å². The van der Waals surface area contributed by atoms with Gasteiger partial charge in [-0.3, -0.25) is 9.59 Å². The molecular formula is C22H23FN4O2. The molecule has 150 valence electrons. The fraction of sp³-hybridized carbons (Fsp3) is 0.227. The molecule has 0 aliphatic rings. The maximum atomic E-state index is 13.0. The number of fused-ring (bicyclic) bond motifs is 1. The highest BCUT2D eigenvalue weighted by atomic mass is 19.1. The van der Waals surface area contributed by atoms with Gasteiger partial charge in [-0.25, -0.2) is 9.82 Å². The van der Waals surface area contributed by atoms with Gasteiger partial charge in [0.15, 0.2) is 0 Å². The van der Waals surface area contributed by atoms with Crippen LogP contribution < -0.4 is 10.7 Å². The molecule has 0 unspecified atom stereocenters. The van der Waals surface area contributed by atoms with Crippen molar-refractivity contribution in [3.8, 4) is 0 Å². The van der Waals surface area contributed by atoms with Crippen molar-refractivity contribution in [1.82, 2.24) is 15.3 Å². The topological polar surface area (TPSA) is 75.5 Å². The Morgan fingerprint density at radius 2 is 1.76 bits per heavy atom. The lowest BCUT2D eigenvalue weighted by atomic mass is 10.2. The summed E-state index contributed by atoms with van der Waals surface area (Å²) in [6, 6.07) is 12.6. The average Bonchev–Trinajstić information content (AvgIpc) is 3.07. The molecule has 1 atom stereocenters. The van der Waals surface area contributed by atoms with Crippen molar-refractivity contribution in [3.05, 3.63) is 71.7 Å². The van der Waals surface area contributed by atoms with E-state index >= 15 is 0 Å². The van der Waals surface area contributed by atoms with Gasteiger partial charge in [0.25, 0.3) is 11.8 Å². The number of para-hydroxylation sites is 1. The number of nitrogens with one attached hydrogen (secondary N) is 2. The number of carbonyl (C=O) groups excluding carboxylic acids is 2. The van der Waals surface area contributed by atoms with Gasteiger partial charge in [-0.05, 0) is 51.1 Å². The van der Waals surface area contributed by atoms with E-state index < -0.39 is 23.7 Å². The predicted molar refractivity (Wildman–Crippen MR) is 111 cm³/mol. The van der Waals surface area contributed by atoms with Crippen molar-refractivity contribution in [2.24, 2.45) is 5.10 Å². The number of aromatic nitrogens is 1. The first-order chi connectivity index (χ1) is 13.9. The summed E-state index contributed by atoms with van der Waals surface area (Å²) in [6.45, 7) is 5.75. The van der Waals surface area contributed by atoms with Gasteiger partial charge >= 0.3 is 0 Å². The summed E-state index contributed by atoms with van der Waals surface area (Å²) in [5.74, 6) is -1.35. The average molecular weight is 394 g/mol. The molecule has 0 radical (unpaired) electrons. The Morgan fingerprint density at radius 1 is 1.07 bits per heavy atom. The van der Waals surface area contributed by atoms with E-state index in [1.165, 1.54) is 24.3 Å². The minimum Gasteiger partial charge on any atom is -0.344 e. The summed E-state index contributed by atoms with van der Waals surface area (Å²) >= 11 is 0. The second-order valence-electron chi connectivity index (χ2n) is 7.04. The first-order valence-electron chi connectivity index (χ1n) is 9.35. The smallest absolute Gasteiger partial charge is 0.262 e. The van der Waals surface area contributed by atoms with Gasteiger partial charge in [0.05, 0.1) is 6.21 Å². The zero-order chi connectivity index (χ0) is 21.0. The van der Waals surface area contributed by atoms with E-state index in [0.717, 1.165) is 16.5 Å². The van der Waals surface area contributed by atoms with Crippen LogP contribution in [-0.2, 0) is 4.79 Å². The largest absolute Gasteiger partial charge is 0.344 e. The number of nitrogens with zero attached hydrogens (tertiary/aromatic N) is 2. The van der Waals surface area contributed by atoms with E-state index in [1.807, 2.05) is 30.5 Å². The van der Waals surface area contributed by atoms with Gasteiger partial charge < -0.3 is 9.88 Å². The van der Waals surface area contributed by atoms with E-state index in [2.05, 4.69) is 34.3 Å². The van der Waals surface area contributed by atoms with Crippen LogP contribution in [-0.4, -0.2) is 28.6 Å². The van der Waals surface area contributed by atoms with Crippen molar-refractivity contribution in [1.29, 1.82) is 0 Å². The molecule has 3 rings (SSSR count). The molecule has 0 saturated heterocycles. The fourth-order valence-corrected chi connectivity index (χ4v) is 2.97. The highest BCUT2D eigenvalue weighted by molar-refractivity contribution is 6.00. The van der Waals surface area contributed by atoms with Gasteiger partial charge in [0.2, 0.25) is 0 Å². The third-order valence-corrected chi connectivity index (χ3v) is 4.55. The standard InChI is InChI=1S/C22H23FN4O2/c1-14(2)27-13-17(19-6-4-5-7-20(19)27)12-24-26-21(28)15(3)25-22(29)16-8-10-18(23)11-9-16/h4-15H,1-3H3,(H,25,29)(H,26,28)/b24-12-/t15-/m0/s1. The second-order valence-corrected chi connectivity index (χ2v) is 7.04. The van der Waals surface area contributed by atoms with Gasteiger partial charge in [-0.15, -0.1) is 0 Å². The number of carbonyl (C=O) groups is 2. The molecule has 7 heteroatoms. The van der Waals surface area contributed by atoms with Gasteiger partial charge in [0.1, 0.15) is 11.9 Å². The van der Waals surface area contributed by atoms with Crippen molar-refractivity contribution in [2.75, 3.05) is 0 Å². The van der Waals surface area contributed by atoms with Crippen molar-refractivity contribution < 1.29 is 14.0 Å². The fourth-order valence-electron chi connectivity index (χ4n) is 2.97. The minimum absolute atomic E-state index is 0.274. The van der Waals surface area contributed by atoms with Crippen LogP contribution in [0.15, 0.2) is 59.8 Å². The Morgan fingerprint density at radius 3 is 2.45 bits per heavy atom. The van der Waals surface area contributed by atoms with Crippen LogP contribution in [0.3, 0.4) is 0 Å². The molecule has 1 heterocycles. The normalized spacial score (nSPS) is 12.4. The third-order valence-electron chi connectivity index (χ3n) is 4.55. The summed E-state index contributed by atoms with van der Waals surface area (Å²) in [7, 11) is 0. The number of hydrazone groups is 1. The maximum absolute atomic E-state index is 13.0. The summed E-state index contributed by atoms with van der Waals surface area (Å²) in [5, 5.41) is 7.64. The van der Waals surface area contributed by atoms with Crippen molar-refractivity contribution in [3.63, 3.8) is 0 Å². The monoisotopic (exact) mass is 394 g/mol. The maximum Gasteiger partial charge on any atom is 0.262 e. The summed E-state index contributed by atoms with van der Waals surface area (Å²) in [4.78, 5) is 24.4. The first-order valence-corrected chi connectivity index (χ1v) is 9.35. The molecule has 0 bridgehead atoms. The Bertz CT molecular complexity index is 1050. The van der Waals surface area contributed by atoms with E-state index in [0.29, 0.717) is 6.04 Å². The van der Waals surface area contributed by atoms with E-state index in [-0.39, 0.29) is 5.56 Å². The van der Waals surface area contributed by atoms with Crippen LogP contribution in [0.1, 0.15) is 42.7 Å². The number of rotatable bonds is 6. The zero-order valence-electron chi connectivity index (χ0n) is 16.5. The van der Waals surface area contributed by atoms with Crippen molar-refractivity contribution >= 4 is 28.9 Å². The molecule has 2 aromatic carbocycles. The quantitative estimate of drug-likeness (QED) is 0.495. The molecule has 29 heavy (non-hydrogen) atoms. The summed E-state index contributed by atoms with van der Waals surface area (Å²) in [6.07, 6.45) is 3.58. The zero-order valence-corrected chi connectivity index (χ0v) is 16.5. The van der Waals surface area contributed by atoms with Crippen LogP contribution in [0.25, 0.3) is 10.9 Å². The molecule has 0 fully saturated rings. The lowest BCUT2D eigenvalue weighted by Crippen LogP contribution is -2.43. The number of amides is 2. The Labute approximate surface area is 168 Å². The highest BCUT2D eigenvalue weighted by Crippen LogP contribution is 2.23. The molecule has 0 aliphatic heterocycles. The predicted octanol–water partition coefficient (Wildman–Crippen LogP) is 3.63. The molecule has 2 N–H and O–H groups in total. The minimum atomic E-state index is -0.804. The lowest BCUT2D eigenvalue weighted by molar-refractivity contribution is -0.122. The Kier molecular flexibility index (Phi) is 6.07. The molecule has 6 nitrogen and oxygen atoms in total. The van der Waals surface area contributed by atoms with E-state index in [1.54, 1.807) is 13.1 Å². The van der Waals surface area contributed by atoms with Crippen molar-refractivity contribution in [2.45, 2.75) is 32.9 Å². The molecule has 2 amide bonds. The van der Waals surface area contributed by atoms with Gasteiger partial charge in [-0.1, -0.05) is 18.2 Å². The van der Waals surface area contributed by atoms with E-state index in [4.69, 9.17) is 0 Å². The number of hydrogen-bond donors (Lipinski definition) is 2. The van der Waals surface area contributed by atoms with Crippen LogP contribution in [0.2, 0.25) is 0 Å². The van der Waals surface area contributed by atoms with Crippen LogP contribution >= 0.6 is 0 Å². The Hall–Kier alpha value is -3.48. The molecule has 0 aliphatic carbocycles. The number of halogens is 1. The van der Waals surface area contributed by atoms with Crippen LogP contribution in [0.4, 0.5) is 4.39 Å². The molecule has 0 spiro atoms. The number of hydrogen-bond acceptors (Lipinski definition) is 3. The number of benzene rings is 2. The van der Waals surface area contributed by atoms with E-state index in [9.17, 15) is 14.0 Å². The summed E-state index contributed by atoms with van der Waals surface area (Å²) < 4.78 is 15.1. The molecular weight excluding hydrogens is 371 g/mol. The molecule has 1 aromatic heterocycles. The van der Waals surface area contributed by atoms with Crippen LogP contribution in [0.5, 0.6) is 0 Å². The SMILES string of the molecule is CC(C)n1cc(/C=N\NC(=O)[C@H](C)NC(=O)c2ccc(F)cc2)c2ccccc21. The van der Waals surface area contributed by atoms with Gasteiger partial charge in [0, 0.05) is 34.3 Å².